The Hall–Kier alpha value is -3.59. The molecule has 0 unspecified atom stereocenters. The summed E-state index contributed by atoms with van der Waals surface area (Å²) >= 11 is 1.02. The lowest BCUT2D eigenvalue weighted by molar-refractivity contribution is -0.116. The summed E-state index contributed by atoms with van der Waals surface area (Å²) in [5.41, 5.74) is 0.880. The first-order valence-corrected chi connectivity index (χ1v) is 10.5. The van der Waals surface area contributed by atoms with Gasteiger partial charge in [0.1, 0.15) is 12.4 Å². The molecule has 0 spiro atoms. The first-order valence-electron chi connectivity index (χ1n) is 9.68. The fourth-order valence-corrected chi connectivity index (χ4v) is 4.08. The number of benzene rings is 2. The number of rotatable bonds is 6. The minimum atomic E-state index is -0.695. The molecular formula is C22H19FN4O3S. The molecule has 4 aromatic rings. The number of anilines is 1. The number of hydrogen-bond donors (Lipinski definition) is 1. The van der Waals surface area contributed by atoms with Crippen LogP contribution in [0.2, 0.25) is 0 Å². The smallest absolute Gasteiger partial charge is 0.324 e. The van der Waals surface area contributed by atoms with Gasteiger partial charge in [0, 0.05) is 16.6 Å². The first-order chi connectivity index (χ1) is 15.0. The molecule has 0 bridgehead atoms. The Labute approximate surface area is 180 Å². The number of carbonyl (C=O) groups excluding carboxylic acids is 1. The van der Waals surface area contributed by atoms with Gasteiger partial charge in [0.05, 0.1) is 12.1 Å². The van der Waals surface area contributed by atoms with E-state index in [1.54, 1.807) is 17.5 Å². The SMILES string of the molecule is CCc1ccccc1NC(=O)Cn1c(=O)n(Cc2ccccc2F)c(=O)c2nscc21. The van der Waals surface area contributed by atoms with Crippen LogP contribution in [0.4, 0.5) is 10.1 Å². The Balaban J connectivity index is 1.73. The molecule has 1 N–H and O–H groups in total. The number of fused-ring (bicyclic) bond motifs is 1. The minimum absolute atomic E-state index is 0.0719. The van der Waals surface area contributed by atoms with Gasteiger partial charge in [0.15, 0.2) is 5.52 Å². The molecule has 0 atom stereocenters. The van der Waals surface area contributed by atoms with Gasteiger partial charge in [0.2, 0.25) is 5.91 Å². The number of aryl methyl sites for hydroxylation is 1. The van der Waals surface area contributed by atoms with Gasteiger partial charge < -0.3 is 5.32 Å². The van der Waals surface area contributed by atoms with Crippen molar-refractivity contribution in [1.82, 2.24) is 13.5 Å². The third-order valence-electron chi connectivity index (χ3n) is 5.01. The number of amides is 1. The average Bonchev–Trinajstić information content (AvgIpc) is 3.26. The van der Waals surface area contributed by atoms with Crippen LogP contribution in [0.5, 0.6) is 0 Å². The van der Waals surface area contributed by atoms with Crippen LogP contribution in [0.1, 0.15) is 18.1 Å². The highest BCUT2D eigenvalue weighted by Crippen LogP contribution is 2.16. The highest BCUT2D eigenvalue weighted by molar-refractivity contribution is 7.04. The van der Waals surface area contributed by atoms with Crippen LogP contribution in [-0.2, 0) is 24.3 Å². The first kappa shape index (κ1) is 20.7. The maximum absolute atomic E-state index is 14.1. The molecule has 9 heteroatoms. The lowest BCUT2D eigenvalue weighted by Gasteiger charge is -2.13. The van der Waals surface area contributed by atoms with Gasteiger partial charge in [-0.1, -0.05) is 43.3 Å². The Morgan fingerprint density at radius 2 is 1.77 bits per heavy atom. The highest BCUT2D eigenvalue weighted by atomic mass is 32.1. The summed E-state index contributed by atoms with van der Waals surface area (Å²) < 4.78 is 20.3. The van der Waals surface area contributed by atoms with E-state index < -0.39 is 23.0 Å². The molecule has 2 aromatic carbocycles. The molecule has 0 radical (unpaired) electrons. The summed E-state index contributed by atoms with van der Waals surface area (Å²) in [5, 5.41) is 4.38. The monoisotopic (exact) mass is 438 g/mol. The molecule has 0 saturated heterocycles. The van der Waals surface area contributed by atoms with Crippen LogP contribution in [0.3, 0.4) is 0 Å². The van der Waals surface area contributed by atoms with Crippen molar-refractivity contribution < 1.29 is 9.18 Å². The van der Waals surface area contributed by atoms with Crippen LogP contribution < -0.4 is 16.6 Å². The lowest BCUT2D eigenvalue weighted by Crippen LogP contribution is -2.42. The molecule has 0 fully saturated rings. The molecule has 2 heterocycles. The van der Waals surface area contributed by atoms with Crippen LogP contribution >= 0.6 is 11.5 Å². The Morgan fingerprint density at radius 3 is 2.52 bits per heavy atom. The number of halogens is 1. The minimum Gasteiger partial charge on any atom is -0.324 e. The van der Waals surface area contributed by atoms with E-state index in [0.29, 0.717) is 5.69 Å². The van der Waals surface area contributed by atoms with Crippen LogP contribution in [-0.4, -0.2) is 19.4 Å². The van der Waals surface area contributed by atoms with Gasteiger partial charge in [-0.25, -0.2) is 9.18 Å². The third kappa shape index (κ3) is 4.04. The predicted molar refractivity (Wildman–Crippen MR) is 118 cm³/mol. The normalized spacial score (nSPS) is 11.0. The Kier molecular flexibility index (Phi) is 5.77. The molecule has 31 heavy (non-hydrogen) atoms. The van der Waals surface area contributed by atoms with E-state index in [4.69, 9.17) is 0 Å². The second-order valence-electron chi connectivity index (χ2n) is 6.96. The molecule has 0 saturated carbocycles. The fraction of sp³-hybridized carbons (Fsp3) is 0.182. The molecular weight excluding hydrogens is 419 g/mol. The van der Waals surface area contributed by atoms with Crippen LogP contribution in [0.25, 0.3) is 11.0 Å². The molecule has 0 aliphatic carbocycles. The van der Waals surface area contributed by atoms with Gasteiger partial charge in [-0.05, 0) is 35.6 Å². The zero-order chi connectivity index (χ0) is 22.0. The molecule has 7 nitrogen and oxygen atoms in total. The van der Waals surface area contributed by atoms with Crippen molar-refractivity contribution in [3.63, 3.8) is 0 Å². The molecule has 158 valence electrons. The summed E-state index contributed by atoms with van der Waals surface area (Å²) in [6.07, 6.45) is 0.739. The summed E-state index contributed by atoms with van der Waals surface area (Å²) in [7, 11) is 0. The summed E-state index contributed by atoms with van der Waals surface area (Å²) in [6, 6.07) is 13.3. The van der Waals surface area contributed by atoms with Gasteiger partial charge in [0.25, 0.3) is 5.56 Å². The second-order valence-corrected chi connectivity index (χ2v) is 7.59. The standard InChI is InChI=1S/C22H19FN4O3S/c1-2-14-7-4-6-10-17(14)24-19(28)12-26-18-13-31-25-20(18)21(29)27(22(26)30)11-15-8-3-5-9-16(15)23/h3-10,13H,2,11-12H2,1H3,(H,24,28). The summed E-state index contributed by atoms with van der Waals surface area (Å²) in [5.74, 6) is -0.931. The van der Waals surface area contributed by atoms with E-state index in [1.807, 2.05) is 25.1 Å². The number of carbonyl (C=O) groups is 1. The van der Waals surface area contributed by atoms with Crippen LogP contribution in [0.15, 0.2) is 63.5 Å². The highest BCUT2D eigenvalue weighted by Gasteiger charge is 2.18. The number of nitrogens with one attached hydrogen (secondary N) is 1. The van der Waals surface area contributed by atoms with Gasteiger partial charge >= 0.3 is 5.69 Å². The van der Waals surface area contributed by atoms with E-state index in [0.717, 1.165) is 28.1 Å². The number of para-hydroxylation sites is 1. The van der Waals surface area contributed by atoms with Crippen LogP contribution in [0, 0.1) is 5.82 Å². The van der Waals surface area contributed by atoms with Crippen molar-refractivity contribution in [2.45, 2.75) is 26.4 Å². The van der Waals surface area contributed by atoms with Gasteiger partial charge in [-0.2, -0.15) is 4.37 Å². The van der Waals surface area contributed by atoms with Gasteiger partial charge in [-0.3, -0.25) is 18.7 Å². The van der Waals surface area contributed by atoms with Crippen molar-refractivity contribution in [3.05, 3.63) is 91.7 Å². The lowest BCUT2D eigenvalue weighted by atomic mass is 10.1. The maximum Gasteiger partial charge on any atom is 0.332 e. The second kappa shape index (κ2) is 8.65. The third-order valence-corrected chi connectivity index (χ3v) is 5.63. The van der Waals surface area contributed by atoms with Crippen molar-refractivity contribution in [1.29, 1.82) is 0 Å². The van der Waals surface area contributed by atoms with Crippen molar-refractivity contribution >= 4 is 34.2 Å². The molecule has 2 aromatic heterocycles. The van der Waals surface area contributed by atoms with E-state index in [2.05, 4.69) is 9.69 Å². The number of nitrogens with zero attached hydrogens (tertiary/aromatic N) is 3. The van der Waals surface area contributed by atoms with E-state index >= 15 is 0 Å². The summed E-state index contributed by atoms with van der Waals surface area (Å²) in [4.78, 5) is 38.7. The van der Waals surface area contributed by atoms with Crippen molar-refractivity contribution in [2.24, 2.45) is 0 Å². The van der Waals surface area contributed by atoms with Crippen molar-refractivity contribution in [3.8, 4) is 0 Å². The Bertz CT molecular complexity index is 1390. The van der Waals surface area contributed by atoms with Crippen molar-refractivity contribution in [2.75, 3.05) is 5.32 Å². The fourth-order valence-electron chi connectivity index (χ4n) is 3.41. The van der Waals surface area contributed by atoms with E-state index in [-0.39, 0.29) is 29.7 Å². The molecule has 4 rings (SSSR count). The average molecular weight is 438 g/mol. The molecule has 0 aliphatic rings. The van der Waals surface area contributed by atoms with Gasteiger partial charge in [-0.15, -0.1) is 0 Å². The predicted octanol–water partition coefficient (Wildman–Crippen LogP) is 3.01. The summed E-state index contributed by atoms with van der Waals surface area (Å²) in [6.45, 7) is 1.43. The largest absolute Gasteiger partial charge is 0.332 e. The molecule has 0 aliphatic heterocycles. The quantitative estimate of drug-likeness (QED) is 0.502. The number of hydrogen-bond acceptors (Lipinski definition) is 5. The zero-order valence-corrected chi connectivity index (χ0v) is 17.5. The maximum atomic E-state index is 14.1. The van der Waals surface area contributed by atoms with E-state index in [9.17, 15) is 18.8 Å². The van der Waals surface area contributed by atoms with E-state index in [1.165, 1.54) is 22.8 Å². The molecule has 1 amide bonds. The zero-order valence-electron chi connectivity index (χ0n) is 16.7. The topological polar surface area (TPSA) is 86.0 Å². The number of aromatic nitrogens is 3. The Morgan fingerprint density at radius 1 is 1.06 bits per heavy atom.